The molecule has 0 aliphatic carbocycles. The quantitative estimate of drug-likeness (QED) is 0.526. The number of rotatable bonds is 7. The molecule has 1 aliphatic rings. The topological polar surface area (TPSA) is 46.6 Å². The summed E-state index contributed by atoms with van der Waals surface area (Å²) in [4.78, 5) is 26.7. The van der Waals surface area contributed by atoms with Gasteiger partial charge in [0, 0.05) is 16.6 Å². The van der Waals surface area contributed by atoms with Crippen molar-refractivity contribution in [2.24, 2.45) is 0 Å². The second kappa shape index (κ2) is 9.24. The van der Waals surface area contributed by atoms with Gasteiger partial charge in [-0.3, -0.25) is 14.5 Å². The van der Waals surface area contributed by atoms with Crippen LogP contribution < -0.4 is 4.74 Å². The van der Waals surface area contributed by atoms with Gasteiger partial charge in [0.25, 0.3) is 11.1 Å². The largest absolute Gasteiger partial charge is 0.493 e. The Morgan fingerprint density at radius 3 is 2.67 bits per heavy atom. The summed E-state index contributed by atoms with van der Waals surface area (Å²) in [6.45, 7) is 2.86. The minimum Gasteiger partial charge on any atom is -0.493 e. The van der Waals surface area contributed by atoms with Crippen molar-refractivity contribution in [3.63, 3.8) is 0 Å². The molecule has 1 aliphatic heterocycles. The van der Waals surface area contributed by atoms with E-state index in [1.54, 1.807) is 6.08 Å². The van der Waals surface area contributed by atoms with Gasteiger partial charge in [0.15, 0.2) is 0 Å². The molecular weight excluding hydrogens is 426 g/mol. The van der Waals surface area contributed by atoms with E-state index in [2.05, 4.69) is 28.1 Å². The second-order valence-corrected chi connectivity index (χ2v) is 7.95. The average molecular weight is 446 g/mol. The van der Waals surface area contributed by atoms with E-state index in [1.807, 2.05) is 43.3 Å². The average Bonchev–Trinajstić information content (AvgIpc) is 2.92. The highest BCUT2D eigenvalue weighted by Crippen LogP contribution is 2.35. The number of ether oxygens (including phenoxy) is 1. The summed E-state index contributed by atoms with van der Waals surface area (Å²) < 4.78 is 6.51. The van der Waals surface area contributed by atoms with Crippen LogP contribution in [0.4, 0.5) is 4.79 Å². The van der Waals surface area contributed by atoms with Crippen LogP contribution >= 0.6 is 27.7 Å². The maximum absolute atomic E-state index is 12.7. The molecule has 0 saturated carbocycles. The summed E-state index contributed by atoms with van der Waals surface area (Å²) in [6.07, 6.45) is 3.32. The predicted molar refractivity (Wildman–Crippen MR) is 113 cm³/mol. The Morgan fingerprint density at radius 2 is 1.93 bits per heavy atom. The zero-order valence-electron chi connectivity index (χ0n) is 15.0. The molecule has 4 nitrogen and oxygen atoms in total. The number of hydrogen-bond acceptors (Lipinski definition) is 4. The Hall–Kier alpha value is -2.05. The predicted octanol–water partition coefficient (Wildman–Crippen LogP) is 5.52. The van der Waals surface area contributed by atoms with Crippen LogP contribution in [0, 0.1) is 0 Å². The number of hydrogen-bond donors (Lipinski definition) is 0. The van der Waals surface area contributed by atoms with Crippen molar-refractivity contribution in [2.45, 2.75) is 19.8 Å². The summed E-state index contributed by atoms with van der Waals surface area (Å²) in [5.74, 6) is 0.456. The number of thioether (sulfide) groups is 1. The first-order chi connectivity index (χ1) is 13.1. The smallest absolute Gasteiger partial charge is 0.293 e. The van der Waals surface area contributed by atoms with Crippen molar-refractivity contribution in [3.05, 3.63) is 69.0 Å². The van der Waals surface area contributed by atoms with Gasteiger partial charge in [-0.1, -0.05) is 46.3 Å². The molecular formula is C21H20BrNO3S. The van der Waals surface area contributed by atoms with Crippen molar-refractivity contribution in [2.75, 3.05) is 13.2 Å². The fraction of sp³-hybridized carbons (Fsp3) is 0.238. The summed E-state index contributed by atoms with van der Waals surface area (Å²) in [7, 11) is 0. The van der Waals surface area contributed by atoms with E-state index >= 15 is 0 Å². The summed E-state index contributed by atoms with van der Waals surface area (Å²) >= 11 is 4.42. The molecule has 0 spiro atoms. The van der Waals surface area contributed by atoms with Crippen LogP contribution in [0.15, 0.2) is 57.9 Å². The van der Waals surface area contributed by atoms with Crippen molar-refractivity contribution < 1.29 is 14.3 Å². The number of halogens is 1. The molecule has 0 atom stereocenters. The highest BCUT2D eigenvalue weighted by atomic mass is 79.9. The Bertz CT molecular complexity index is 867. The van der Waals surface area contributed by atoms with Crippen molar-refractivity contribution in [1.82, 2.24) is 4.90 Å². The fourth-order valence-electron chi connectivity index (χ4n) is 2.84. The molecule has 6 heteroatoms. The van der Waals surface area contributed by atoms with Gasteiger partial charge in [-0.25, -0.2) is 0 Å². The lowest BCUT2D eigenvalue weighted by Crippen LogP contribution is -2.29. The standard InChI is InChI=1S/C21H20BrNO3S/c1-2-26-18-11-10-17(22)13-16(18)14-19-20(24)23(21(25)27-19)12-6-9-15-7-4-3-5-8-15/h3-5,7-8,10-11,13-14H,2,6,9,12H2,1H3/b19-14+. The highest BCUT2D eigenvalue weighted by Gasteiger charge is 2.34. The van der Waals surface area contributed by atoms with Crippen LogP contribution in [0.25, 0.3) is 6.08 Å². The lowest BCUT2D eigenvalue weighted by Gasteiger charge is -2.12. The number of carbonyl (C=O) groups excluding carboxylic acids is 2. The molecule has 0 radical (unpaired) electrons. The number of carbonyl (C=O) groups is 2. The van der Waals surface area contributed by atoms with Crippen LogP contribution in [-0.4, -0.2) is 29.2 Å². The van der Waals surface area contributed by atoms with Gasteiger partial charge < -0.3 is 4.74 Å². The third-order valence-electron chi connectivity index (χ3n) is 4.12. The first-order valence-corrected chi connectivity index (χ1v) is 10.4. The lowest BCUT2D eigenvalue weighted by molar-refractivity contribution is -0.122. The molecule has 0 N–H and O–H groups in total. The molecule has 2 aromatic rings. The van der Waals surface area contributed by atoms with E-state index in [-0.39, 0.29) is 11.1 Å². The summed E-state index contributed by atoms with van der Waals surface area (Å²) in [6, 6.07) is 15.7. The van der Waals surface area contributed by atoms with E-state index in [0.717, 1.165) is 34.6 Å². The first kappa shape index (κ1) is 19.7. The molecule has 0 unspecified atom stereocenters. The van der Waals surface area contributed by atoms with E-state index in [9.17, 15) is 9.59 Å². The molecule has 3 rings (SSSR count). The zero-order chi connectivity index (χ0) is 19.2. The second-order valence-electron chi connectivity index (χ2n) is 6.04. The molecule has 1 heterocycles. The Morgan fingerprint density at radius 1 is 1.15 bits per heavy atom. The number of amides is 2. The molecule has 0 bridgehead atoms. The maximum atomic E-state index is 12.7. The Kier molecular flexibility index (Phi) is 6.74. The molecule has 1 fully saturated rings. The minimum atomic E-state index is -0.236. The van der Waals surface area contributed by atoms with Crippen molar-refractivity contribution in [3.8, 4) is 5.75 Å². The first-order valence-electron chi connectivity index (χ1n) is 8.80. The monoisotopic (exact) mass is 445 g/mol. The van der Waals surface area contributed by atoms with E-state index < -0.39 is 0 Å². The van der Waals surface area contributed by atoms with Crippen LogP contribution in [0.1, 0.15) is 24.5 Å². The highest BCUT2D eigenvalue weighted by molar-refractivity contribution is 9.10. The van der Waals surface area contributed by atoms with Gasteiger partial charge in [0.2, 0.25) is 0 Å². The zero-order valence-corrected chi connectivity index (χ0v) is 17.4. The Balaban J connectivity index is 1.70. The third-order valence-corrected chi connectivity index (χ3v) is 5.52. The van der Waals surface area contributed by atoms with Gasteiger partial charge in [-0.05, 0) is 61.4 Å². The summed E-state index contributed by atoms with van der Waals surface area (Å²) in [5.41, 5.74) is 1.98. The van der Waals surface area contributed by atoms with Crippen LogP contribution in [0.5, 0.6) is 5.75 Å². The van der Waals surface area contributed by atoms with Crippen molar-refractivity contribution >= 4 is 44.9 Å². The SMILES string of the molecule is CCOc1ccc(Br)cc1/C=C1/SC(=O)N(CCCc2ccccc2)C1=O. The number of imide groups is 1. The van der Waals surface area contributed by atoms with Crippen LogP contribution in [-0.2, 0) is 11.2 Å². The lowest BCUT2D eigenvalue weighted by atomic mass is 10.1. The van der Waals surface area contributed by atoms with Gasteiger partial charge in [0.1, 0.15) is 5.75 Å². The molecule has 2 aromatic carbocycles. The van der Waals surface area contributed by atoms with E-state index in [4.69, 9.17) is 4.74 Å². The van der Waals surface area contributed by atoms with E-state index in [0.29, 0.717) is 23.8 Å². The van der Waals surface area contributed by atoms with E-state index in [1.165, 1.54) is 10.5 Å². The molecule has 1 saturated heterocycles. The molecule has 2 amide bonds. The molecule has 0 aromatic heterocycles. The van der Waals surface area contributed by atoms with Gasteiger partial charge in [0.05, 0.1) is 11.5 Å². The number of nitrogens with zero attached hydrogens (tertiary/aromatic N) is 1. The van der Waals surface area contributed by atoms with Crippen molar-refractivity contribution in [1.29, 1.82) is 0 Å². The normalized spacial score (nSPS) is 15.6. The summed E-state index contributed by atoms with van der Waals surface area (Å²) in [5, 5.41) is -0.215. The third kappa shape index (κ3) is 5.02. The maximum Gasteiger partial charge on any atom is 0.293 e. The molecule has 140 valence electrons. The van der Waals surface area contributed by atoms with Gasteiger partial charge in [-0.2, -0.15) is 0 Å². The van der Waals surface area contributed by atoms with Gasteiger partial charge >= 0.3 is 0 Å². The van der Waals surface area contributed by atoms with Crippen LogP contribution in [0.3, 0.4) is 0 Å². The van der Waals surface area contributed by atoms with Gasteiger partial charge in [-0.15, -0.1) is 0 Å². The fourth-order valence-corrected chi connectivity index (χ4v) is 4.07. The van der Waals surface area contributed by atoms with Crippen LogP contribution in [0.2, 0.25) is 0 Å². The minimum absolute atomic E-state index is 0.215. The number of benzene rings is 2. The number of aryl methyl sites for hydroxylation is 1. The Labute approximate surface area is 171 Å². The molecule has 27 heavy (non-hydrogen) atoms.